The van der Waals surface area contributed by atoms with Crippen LogP contribution in [-0.4, -0.2) is 19.6 Å². The molecule has 2 rings (SSSR count). The molecule has 1 heterocycles. The Hall–Kier alpha value is -1.62. The fourth-order valence-corrected chi connectivity index (χ4v) is 3.17. The highest BCUT2D eigenvalue weighted by atomic mass is 32.1. The number of nitrogens with zero attached hydrogens (tertiary/aromatic N) is 2. The molecule has 0 saturated carbocycles. The average Bonchev–Trinajstić information content (AvgIpc) is 2.89. The standard InChI is InChI=1S/C20H30N2O2S/c1-19(2,3)9-7-13-11-15(17-21-18(24)22-25-17)12-14(16(13)23)8-10-20(4,5)6/h11-12,23H,7-10H2,1-6H3,(H,22,24). The van der Waals surface area contributed by atoms with E-state index in [0.717, 1.165) is 42.4 Å². The van der Waals surface area contributed by atoms with Crippen molar-refractivity contribution in [3.8, 4) is 22.3 Å². The van der Waals surface area contributed by atoms with E-state index in [1.54, 1.807) is 0 Å². The maximum atomic E-state index is 10.8. The van der Waals surface area contributed by atoms with Gasteiger partial charge in [0.15, 0.2) is 0 Å². The first-order valence-corrected chi connectivity index (χ1v) is 9.60. The first-order chi connectivity index (χ1) is 11.4. The number of rotatable bonds is 5. The van der Waals surface area contributed by atoms with Gasteiger partial charge in [-0.05, 0) is 71.3 Å². The Bertz CT molecular complexity index is 685. The van der Waals surface area contributed by atoms with E-state index in [9.17, 15) is 10.2 Å². The molecule has 4 nitrogen and oxygen atoms in total. The lowest BCUT2D eigenvalue weighted by atomic mass is 9.85. The summed E-state index contributed by atoms with van der Waals surface area (Å²) in [6, 6.07) is 3.78. The number of phenolic OH excluding ortho intramolecular Hbond substituents is 1. The molecule has 0 unspecified atom stereocenters. The van der Waals surface area contributed by atoms with E-state index >= 15 is 0 Å². The Balaban J connectivity index is 2.39. The summed E-state index contributed by atoms with van der Waals surface area (Å²) in [5.74, 6) is 0.408. The fraction of sp³-hybridized carbons (Fsp3) is 0.600. The summed E-state index contributed by atoms with van der Waals surface area (Å²) in [6.07, 6.45) is 3.61. The third-order valence-corrected chi connectivity index (χ3v) is 4.97. The van der Waals surface area contributed by atoms with Gasteiger partial charge in [-0.3, -0.25) is 0 Å². The molecule has 25 heavy (non-hydrogen) atoms. The van der Waals surface area contributed by atoms with Gasteiger partial charge in [0.25, 0.3) is 0 Å². The van der Waals surface area contributed by atoms with Crippen LogP contribution < -0.4 is 0 Å². The first kappa shape index (κ1) is 19.7. The number of hydrogen-bond donors (Lipinski definition) is 2. The van der Waals surface area contributed by atoms with Gasteiger partial charge >= 0.3 is 6.01 Å². The highest BCUT2D eigenvalue weighted by molar-refractivity contribution is 7.09. The summed E-state index contributed by atoms with van der Waals surface area (Å²) in [5.41, 5.74) is 3.23. The van der Waals surface area contributed by atoms with Crippen LogP contribution in [0.3, 0.4) is 0 Å². The molecule has 0 radical (unpaired) electrons. The lowest BCUT2D eigenvalue weighted by Crippen LogP contribution is -2.08. The fourth-order valence-electron chi connectivity index (χ4n) is 2.62. The predicted molar refractivity (Wildman–Crippen MR) is 104 cm³/mol. The van der Waals surface area contributed by atoms with E-state index in [1.807, 2.05) is 12.1 Å². The monoisotopic (exact) mass is 362 g/mol. The van der Waals surface area contributed by atoms with Gasteiger partial charge < -0.3 is 10.2 Å². The second-order valence-corrected chi connectivity index (χ2v) is 9.92. The van der Waals surface area contributed by atoms with E-state index < -0.39 is 0 Å². The van der Waals surface area contributed by atoms with Crippen molar-refractivity contribution in [3.63, 3.8) is 0 Å². The number of aryl methyl sites for hydroxylation is 2. The van der Waals surface area contributed by atoms with E-state index in [4.69, 9.17) is 0 Å². The molecule has 0 spiro atoms. The van der Waals surface area contributed by atoms with Gasteiger partial charge in [0.05, 0.1) is 0 Å². The lowest BCUT2D eigenvalue weighted by molar-refractivity contribution is 0.367. The summed E-state index contributed by atoms with van der Waals surface area (Å²) in [5, 5.41) is 20.9. The average molecular weight is 363 g/mol. The molecule has 2 aromatic rings. The van der Waals surface area contributed by atoms with Gasteiger partial charge in [-0.2, -0.15) is 4.98 Å². The minimum atomic E-state index is -0.194. The van der Waals surface area contributed by atoms with Crippen molar-refractivity contribution in [1.82, 2.24) is 9.36 Å². The molecule has 0 aliphatic rings. The molecule has 5 heteroatoms. The molecule has 0 atom stereocenters. The molecule has 0 aliphatic heterocycles. The minimum Gasteiger partial charge on any atom is -0.507 e. The summed E-state index contributed by atoms with van der Waals surface area (Å²) in [4.78, 5) is 4.09. The van der Waals surface area contributed by atoms with Crippen LogP contribution in [-0.2, 0) is 12.8 Å². The molecule has 0 bridgehead atoms. The van der Waals surface area contributed by atoms with E-state index in [-0.39, 0.29) is 16.8 Å². The zero-order valence-electron chi connectivity index (χ0n) is 16.2. The molecule has 1 aromatic carbocycles. The second kappa shape index (κ2) is 7.32. The maximum Gasteiger partial charge on any atom is 0.326 e. The number of aromatic nitrogens is 2. The van der Waals surface area contributed by atoms with Crippen molar-refractivity contribution in [2.45, 2.75) is 67.2 Å². The van der Waals surface area contributed by atoms with Crippen molar-refractivity contribution < 1.29 is 10.2 Å². The largest absolute Gasteiger partial charge is 0.507 e. The molecule has 2 N–H and O–H groups in total. The summed E-state index contributed by atoms with van der Waals surface area (Å²) < 4.78 is 3.87. The second-order valence-electron chi connectivity index (χ2n) is 9.16. The highest BCUT2D eigenvalue weighted by Gasteiger charge is 2.18. The van der Waals surface area contributed by atoms with E-state index in [0.29, 0.717) is 10.8 Å². The third-order valence-electron chi connectivity index (χ3n) is 4.22. The van der Waals surface area contributed by atoms with Crippen LogP contribution in [0.15, 0.2) is 12.1 Å². The molecule has 0 aliphatic carbocycles. The smallest absolute Gasteiger partial charge is 0.326 e. The Morgan fingerprint density at radius 1 is 0.880 bits per heavy atom. The minimum absolute atomic E-state index is 0.194. The molecular weight excluding hydrogens is 332 g/mol. The van der Waals surface area contributed by atoms with Crippen molar-refractivity contribution in [2.24, 2.45) is 10.8 Å². The highest BCUT2D eigenvalue weighted by Crippen LogP contribution is 2.36. The Morgan fingerprint density at radius 2 is 1.36 bits per heavy atom. The van der Waals surface area contributed by atoms with Crippen LogP contribution in [0.4, 0.5) is 0 Å². The Labute approximate surface area is 155 Å². The van der Waals surface area contributed by atoms with Crippen molar-refractivity contribution in [2.75, 3.05) is 0 Å². The maximum absolute atomic E-state index is 10.8. The summed E-state index contributed by atoms with van der Waals surface area (Å²) >= 11 is 1.18. The number of hydrogen-bond acceptors (Lipinski definition) is 5. The third kappa shape index (κ3) is 5.99. The van der Waals surface area contributed by atoms with Crippen molar-refractivity contribution in [1.29, 1.82) is 0 Å². The number of phenols is 1. The van der Waals surface area contributed by atoms with Crippen LogP contribution in [0, 0.1) is 10.8 Å². The van der Waals surface area contributed by atoms with Crippen LogP contribution in [0.1, 0.15) is 65.5 Å². The van der Waals surface area contributed by atoms with Crippen molar-refractivity contribution in [3.05, 3.63) is 23.3 Å². The molecular formula is C20H30N2O2S. The molecule has 0 saturated heterocycles. The van der Waals surface area contributed by atoms with Gasteiger partial charge in [-0.25, -0.2) is 0 Å². The van der Waals surface area contributed by atoms with Gasteiger partial charge in [-0.15, -0.1) is 4.37 Å². The predicted octanol–water partition coefficient (Wildman–Crippen LogP) is 5.57. The van der Waals surface area contributed by atoms with Gasteiger partial charge in [-0.1, -0.05) is 41.5 Å². The topological polar surface area (TPSA) is 66.2 Å². The lowest BCUT2D eigenvalue weighted by Gasteiger charge is -2.21. The van der Waals surface area contributed by atoms with Gasteiger partial charge in [0, 0.05) is 5.56 Å². The van der Waals surface area contributed by atoms with Gasteiger partial charge in [0.1, 0.15) is 10.8 Å². The van der Waals surface area contributed by atoms with E-state index in [2.05, 4.69) is 50.9 Å². The van der Waals surface area contributed by atoms with Crippen LogP contribution in [0.25, 0.3) is 10.6 Å². The Kier molecular flexibility index (Phi) is 5.77. The number of aromatic hydroxyl groups is 2. The molecule has 0 amide bonds. The normalized spacial score (nSPS) is 12.6. The SMILES string of the molecule is CC(C)(C)CCc1cc(-c2nc(O)ns2)cc(CCC(C)(C)C)c1O. The zero-order valence-corrected chi connectivity index (χ0v) is 17.0. The molecule has 1 aromatic heterocycles. The Morgan fingerprint density at radius 3 is 1.72 bits per heavy atom. The zero-order chi connectivity index (χ0) is 18.8. The van der Waals surface area contributed by atoms with E-state index in [1.165, 1.54) is 11.5 Å². The van der Waals surface area contributed by atoms with Crippen LogP contribution in [0.5, 0.6) is 11.8 Å². The van der Waals surface area contributed by atoms with Crippen molar-refractivity contribution >= 4 is 11.5 Å². The molecule has 138 valence electrons. The quantitative estimate of drug-likeness (QED) is 0.729. The summed E-state index contributed by atoms with van der Waals surface area (Å²) in [6.45, 7) is 13.2. The summed E-state index contributed by atoms with van der Waals surface area (Å²) in [7, 11) is 0. The van der Waals surface area contributed by atoms with Crippen LogP contribution >= 0.6 is 11.5 Å². The first-order valence-electron chi connectivity index (χ1n) is 8.82. The molecule has 0 fully saturated rings. The van der Waals surface area contributed by atoms with Gasteiger partial charge in [0.2, 0.25) is 0 Å². The van der Waals surface area contributed by atoms with Crippen LogP contribution in [0.2, 0.25) is 0 Å². The number of benzene rings is 1.